The molecule has 4 N–H and O–H groups in total. The number of nitrogens with zero attached hydrogens (tertiary/aromatic N) is 2. The fourth-order valence-electron chi connectivity index (χ4n) is 2.64. The number of methoxy groups -OCH3 is 2. The second-order valence-electron chi connectivity index (χ2n) is 5.04. The van der Waals surface area contributed by atoms with Gasteiger partial charge in [-0.3, -0.25) is 0 Å². The normalized spacial score (nSPS) is 16.2. The molecule has 0 aromatic heterocycles. The van der Waals surface area contributed by atoms with E-state index in [1.54, 1.807) is 26.6 Å². The van der Waals surface area contributed by atoms with Gasteiger partial charge in [-0.25, -0.2) is 4.99 Å². The van der Waals surface area contributed by atoms with Crippen LogP contribution in [0.3, 0.4) is 0 Å². The zero-order valence-corrected chi connectivity index (χ0v) is 14.4. The third kappa shape index (κ3) is 2.62. The van der Waals surface area contributed by atoms with Crippen LogP contribution in [0.2, 0.25) is 0 Å². The number of halogens is 1. The Morgan fingerprint density at radius 2 is 2.00 bits per heavy atom. The third-order valence-corrected chi connectivity index (χ3v) is 4.24. The molecule has 0 bridgehead atoms. The molecule has 2 aromatic carbocycles. The Kier molecular flexibility index (Phi) is 4.14. The van der Waals surface area contributed by atoms with Gasteiger partial charge in [0, 0.05) is 21.8 Å². The Bertz CT molecular complexity index is 779. The molecular formula is C16H17BrN4O2. The molecule has 0 radical (unpaired) electrons. The summed E-state index contributed by atoms with van der Waals surface area (Å²) in [6.07, 6.45) is 1.22. The molecule has 3 rings (SSSR count). The number of fused-ring (bicyclic) bond motifs is 1. The SMILES string of the molecule is COc1cc2c(c(N)c1OC)C(N)N(c1cccc(Br)c1)C=N2. The van der Waals surface area contributed by atoms with Crippen LogP contribution in [0.5, 0.6) is 11.5 Å². The van der Waals surface area contributed by atoms with Crippen molar-refractivity contribution >= 4 is 39.3 Å². The number of benzene rings is 2. The van der Waals surface area contributed by atoms with Gasteiger partial charge >= 0.3 is 0 Å². The van der Waals surface area contributed by atoms with E-state index < -0.39 is 6.17 Å². The molecule has 120 valence electrons. The lowest BCUT2D eigenvalue weighted by Crippen LogP contribution is -2.36. The molecule has 1 aliphatic rings. The lowest BCUT2D eigenvalue weighted by Gasteiger charge is -2.32. The first kappa shape index (κ1) is 15.6. The summed E-state index contributed by atoms with van der Waals surface area (Å²) in [6, 6.07) is 9.59. The highest BCUT2D eigenvalue weighted by atomic mass is 79.9. The minimum Gasteiger partial charge on any atom is -0.493 e. The number of hydrogen-bond donors (Lipinski definition) is 2. The molecule has 0 amide bonds. The van der Waals surface area contributed by atoms with Crippen LogP contribution in [-0.4, -0.2) is 20.6 Å². The van der Waals surface area contributed by atoms with Gasteiger partial charge in [0.25, 0.3) is 0 Å². The highest BCUT2D eigenvalue weighted by Gasteiger charge is 2.28. The zero-order valence-electron chi connectivity index (χ0n) is 12.8. The monoisotopic (exact) mass is 376 g/mol. The van der Waals surface area contributed by atoms with Crippen molar-refractivity contribution in [1.82, 2.24) is 0 Å². The van der Waals surface area contributed by atoms with E-state index in [0.717, 1.165) is 10.2 Å². The van der Waals surface area contributed by atoms with E-state index in [0.29, 0.717) is 28.4 Å². The molecular weight excluding hydrogens is 360 g/mol. The fraction of sp³-hybridized carbons (Fsp3) is 0.188. The van der Waals surface area contributed by atoms with Gasteiger partial charge < -0.3 is 25.8 Å². The molecule has 1 unspecified atom stereocenters. The lowest BCUT2D eigenvalue weighted by atomic mass is 10.0. The molecule has 0 spiro atoms. The Balaban J connectivity index is 2.11. The first-order valence-electron chi connectivity index (χ1n) is 6.94. The molecule has 2 aromatic rings. The maximum absolute atomic E-state index is 6.43. The maximum Gasteiger partial charge on any atom is 0.184 e. The van der Waals surface area contributed by atoms with Gasteiger partial charge in [0.15, 0.2) is 11.5 Å². The third-order valence-electron chi connectivity index (χ3n) is 3.75. The van der Waals surface area contributed by atoms with Crippen molar-refractivity contribution in [3.05, 3.63) is 40.4 Å². The summed E-state index contributed by atoms with van der Waals surface area (Å²) in [4.78, 5) is 6.32. The number of hydrogen-bond acceptors (Lipinski definition) is 6. The molecule has 1 aliphatic heterocycles. The van der Waals surface area contributed by atoms with Crippen LogP contribution in [0, 0.1) is 0 Å². The van der Waals surface area contributed by atoms with Gasteiger partial charge in [-0.05, 0) is 18.2 Å². The van der Waals surface area contributed by atoms with Gasteiger partial charge in [0.1, 0.15) is 6.17 Å². The minimum absolute atomic E-state index is 0.436. The number of nitrogens with two attached hydrogens (primary N) is 2. The van der Waals surface area contributed by atoms with Gasteiger partial charge in [-0.2, -0.15) is 0 Å². The standard InChI is InChI=1S/C16H17BrN4O2/c1-22-12-7-11-13(14(18)15(12)23-2)16(19)21(8-20-11)10-5-3-4-9(17)6-10/h3-8,16H,18-19H2,1-2H3. The summed E-state index contributed by atoms with van der Waals surface area (Å²) in [5, 5.41) is 0. The summed E-state index contributed by atoms with van der Waals surface area (Å²) in [6.45, 7) is 0. The van der Waals surface area contributed by atoms with Crippen LogP contribution in [0.25, 0.3) is 0 Å². The summed E-state index contributed by atoms with van der Waals surface area (Å²) in [5.74, 6) is 0.997. The molecule has 0 fully saturated rings. The summed E-state index contributed by atoms with van der Waals surface area (Å²) in [7, 11) is 3.11. The first-order chi connectivity index (χ1) is 11.1. The van der Waals surface area contributed by atoms with Gasteiger partial charge in [0.05, 0.1) is 31.9 Å². The number of rotatable bonds is 3. The topological polar surface area (TPSA) is 86.1 Å². The second-order valence-corrected chi connectivity index (χ2v) is 5.95. The van der Waals surface area contributed by atoms with E-state index in [9.17, 15) is 0 Å². The van der Waals surface area contributed by atoms with Crippen molar-refractivity contribution in [2.75, 3.05) is 24.9 Å². The van der Waals surface area contributed by atoms with Crippen LogP contribution >= 0.6 is 15.9 Å². The van der Waals surface area contributed by atoms with Crippen LogP contribution in [-0.2, 0) is 0 Å². The maximum atomic E-state index is 6.43. The van der Waals surface area contributed by atoms with E-state index in [1.807, 2.05) is 29.2 Å². The predicted molar refractivity (Wildman–Crippen MR) is 95.7 cm³/mol. The molecule has 0 aliphatic carbocycles. The Morgan fingerprint density at radius 3 is 2.65 bits per heavy atom. The van der Waals surface area contributed by atoms with Crippen LogP contribution in [0.4, 0.5) is 17.1 Å². The largest absolute Gasteiger partial charge is 0.493 e. The highest BCUT2D eigenvalue weighted by Crippen LogP contribution is 2.46. The molecule has 0 saturated heterocycles. The smallest absolute Gasteiger partial charge is 0.184 e. The number of nitrogen functional groups attached to an aromatic ring is 1. The van der Waals surface area contributed by atoms with Gasteiger partial charge in [-0.1, -0.05) is 22.0 Å². The summed E-state index contributed by atoms with van der Waals surface area (Å²) in [5.41, 5.74) is 15.4. The minimum atomic E-state index is -0.475. The van der Waals surface area contributed by atoms with E-state index in [1.165, 1.54) is 0 Å². The molecule has 6 nitrogen and oxygen atoms in total. The Labute approximate surface area is 142 Å². The van der Waals surface area contributed by atoms with Crippen molar-refractivity contribution < 1.29 is 9.47 Å². The highest BCUT2D eigenvalue weighted by molar-refractivity contribution is 9.10. The van der Waals surface area contributed by atoms with Crippen LogP contribution in [0.15, 0.2) is 39.8 Å². The predicted octanol–water partition coefficient (Wildman–Crippen LogP) is 3.19. The number of aliphatic imine (C=N–C) groups is 1. The van der Waals surface area contributed by atoms with Gasteiger partial charge in [0.2, 0.25) is 0 Å². The van der Waals surface area contributed by atoms with Crippen molar-refractivity contribution in [2.24, 2.45) is 10.7 Å². The second kappa shape index (κ2) is 6.10. The zero-order chi connectivity index (χ0) is 16.6. The van der Waals surface area contributed by atoms with E-state index in [4.69, 9.17) is 20.9 Å². The number of anilines is 2. The van der Waals surface area contributed by atoms with E-state index in [2.05, 4.69) is 20.9 Å². The van der Waals surface area contributed by atoms with Crippen LogP contribution < -0.4 is 25.8 Å². The van der Waals surface area contributed by atoms with Crippen molar-refractivity contribution in [3.8, 4) is 11.5 Å². The molecule has 0 saturated carbocycles. The quantitative estimate of drug-likeness (QED) is 0.803. The number of ether oxygens (including phenoxy) is 2. The summed E-state index contributed by atoms with van der Waals surface area (Å²) < 4.78 is 11.6. The molecule has 23 heavy (non-hydrogen) atoms. The fourth-order valence-corrected chi connectivity index (χ4v) is 3.03. The van der Waals surface area contributed by atoms with E-state index >= 15 is 0 Å². The van der Waals surface area contributed by atoms with Crippen molar-refractivity contribution in [1.29, 1.82) is 0 Å². The average molecular weight is 377 g/mol. The Morgan fingerprint density at radius 1 is 1.22 bits per heavy atom. The van der Waals surface area contributed by atoms with Crippen molar-refractivity contribution in [3.63, 3.8) is 0 Å². The van der Waals surface area contributed by atoms with Crippen LogP contribution in [0.1, 0.15) is 11.7 Å². The molecule has 7 heteroatoms. The Hall–Kier alpha value is -2.25. The van der Waals surface area contributed by atoms with Gasteiger partial charge in [-0.15, -0.1) is 0 Å². The average Bonchev–Trinajstić information content (AvgIpc) is 2.54. The lowest BCUT2D eigenvalue weighted by molar-refractivity contribution is 0.356. The summed E-state index contributed by atoms with van der Waals surface area (Å²) >= 11 is 3.46. The van der Waals surface area contributed by atoms with Crippen molar-refractivity contribution in [2.45, 2.75) is 6.17 Å². The van der Waals surface area contributed by atoms with E-state index in [-0.39, 0.29) is 0 Å². The first-order valence-corrected chi connectivity index (χ1v) is 7.74. The molecule has 1 heterocycles. The molecule has 1 atom stereocenters.